The van der Waals surface area contributed by atoms with Crippen molar-refractivity contribution in [1.29, 1.82) is 0 Å². The Kier molecular flexibility index (Phi) is 3.10. The van der Waals surface area contributed by atoms with E-state index in [9.17, 15) is 0 Å². The zero-order valence-electron chi connectivity index (χ0n) is 11.9. The molecule has 108 valence electrons. The molecule has 2 atom stereocenters. The average Bonchev–Trinajstić information content (AvgIpc) is 3.13. The molecule has 0 radical (unpaired) electrons. The molecule has 2 heterocycles. The number of para-hydroxylation sites is 1. The fourth-order valence-corrected chi connectivity index (χ4v) is 2.78. The Morgan fingerprint density at radius 1 is 1.24 bits per heavy atom. The molecule has 1 aromatic heterocycles. The quantitative estimate of drug-likeness (QED) is 0.900. The number of nitrogens with zero attached hydrogens (tertiary/aromatic N) is 3. The predicted molar refractivity (Wildman–Crippen MR) is 82.8 cm³/mol. The predicted octanol–water partition coefficient (Wildman–Crippen LogP) is 1.67. The molecule has 5 heteroatoms. The zero-order chi connectivity index (χ0) is 14.1. The lowest BCUT2D eigenvalue weighted by atomic mass is 10.2. The van der Waals surface area contributed by atoms with Crippen LogP contribution in [0.2, 0.25) is 0 Å². The molecule has 0 amide bonds. The Morgan fingerprint density at radius 2 is 2.14 bits per heavy atom. The molecule has 1 aliphatic heterocycles. The van der Waals surface area contributed by atoms with Gasteiger partial charge in [0.1, 0.15) is 0 Å². The van der Waals surface area contributed by atoms with Gasteiger partial charge in [0.05, 0.1) is 11.9 Å². The van der Waals surface area contributed by atoms with Gasteiger partial charge < -0.3 is 10.6 Å². The van der Waals surface area contributed by atoms with Crippen molar-refractivity contribution < 1.29 is 0 Å². The van der Waals surface area contributed by atoms with Gasteiger partial charge in [0.15, 0.2) is 5.96 Å². The summed E-state index contributed by atoms with van der Waals surface area (Å²) in [6, 6.07) is 10.7. The van der Waals surface area contributed by atoms with Crippen LogP contribution in [0.1, 0.15) is 24.3 Å². The topological polar surface area (TPSA) is 54.2 Å². The van der Waals surface area contributed by atoms with Gasteiger partial charge in [0.25, 0.3) is 0 Å². The highest BCUT2D eigenvalue weighted by Crippen LogP contribution is 2.40. The minimum Gasteiger partial charge on any atom is -0.356 e. The van der Waals surface area contributed by atoms with Crippen LogP contribution in [-0.4, -0.2) is 34.9 Å². The Morgan fingerprint density at radius 3 is 2.95 bits per heavy atom. The van der Waals surface area contributed by atoms with E-state index in [1.165, 1.54) is 5.56 Å². The molecule has 0 bridgehead atoms. The molecular weight excluding hydrogens is 262 g/mol. The molecule has 2 aliphatic rings. The SMILES string of the molecule is c1ccc(-n2cc([C@@H]3C[C@H]3NC3=NCCCN3)cn2)cc1. The fraction of sp³-hybridized carbons (Fsp3) is 0.375. The van der Waals surface area contributed by atoms with E-state index in [1.54, 1.807) is 0 Å². The third-order valence-electron chi connectivity index (χ3n) is 4.06. The number of aromatic nitrogens is 2. The van der Waals surface area contributed by atoms with Crippen molar-refractivity contribution in [2.75, 3.05) is 13.1 Å². The van der Waals surface area contributed by atoms with E-state index in [4.69, 9.17) is 0 Å². The monoisotopic (exact) mass is 281 g/mol. The Bertz CT molecular complexity index is 646. The van der Waals surface area contributed by atoms with E-state index >= 15 is 0 Å². The van der Waals surface area contributed by atoms with Gasteiger partial charge in [-0.1, -0.05) is 18.2 Å². The van der Waals surface area contributed by atoms with Crippen LogP contribution in [0.4, 0.5) is 0 Å². The lowest BCUT2D eigenvalue weighted by Gasteiger charge is -2.15. The summed E-state index contributed by atoms with van der Waals surface area (Å²) in [5, 5.41) is 11.3. The highest BCUT2D eigenvalue weighted by atomic mass is 15.3. The van der Waals surface area contributed by atoms with Crippen molar-refractivity contribution in [1.82, 2.24) is 20.4 Å². The third kappa shape index (κ3) is 2.63. The summed E-state index contributed by atoms with van der Waals surface area (Å²) in [6.45, 7) is 1.95. The Hall–Kier alpha value is -2.30. The van der Waals surface area contributed by atoms with Crippen molar-refractivity contribution in [3.05, 3.63) is 48.3 Å². The van der Waals surface area contributed by atoms with Crippen LogP contribution in [0, 0.1) is 0 Å². The van der Waals surface area contributed by atoms with Gasteiger partial charge in [-0.25, -0.2) is 4.68 Å². The van der Waals surface area contributed by atoms with Gasteiger partial charge in [-0.2, -0.15) is 5.10 Å². The normalized spacial score (nSPS) is 24.1. The van der Waals surface area contributed by atoms with Crippen LogP contribution in [0.25, 0.3) is 5.69 Å². The second kappa shape index (κ2) is 5.24. The molecule has 0 spiro atoms. The van der Waals surface area contributed by atoms with Crippen LogP contribution < -0.4 is 10.6 Å². The molecule has 0 unspecified atom stereocenters. The number of benzene rings is 1. The molecule has 5 nitrogen and oxygen atoms in total. The van der Waals surface area contributed by atoms with Gasteiger partial charge in [-0.15, -0.1) is 0 Å². The molecular formula is C16H19N5. The second-order valence-corrected chi connectivity index (χ2v) is 5.66. The largest absolute Gasteiger partial charge is 0.356 e. The maximum absolute atomic E-state index is 4.47. The van der Waals surface area contributed by atoms with Gasteiger partial charge in [0, 0.05) is 31.2 Å². The Balaban J connectivity index is 1.42. The van der Waals surface area contributed by atoms with E-state index in [1.807, 2.05) is 29.1 Å². The van der Waals surface area contributed by atoms with Crippen LogP contribution in [0.5, 0.6) is 0 Å². The number of rotatable bonds is 3. The van der Waals surface area contributed by atoms with E-state index in [2.05, 4.69) is 39.1 Å². The highest BCUT2D eigenvalue weighted by molar-refractivity contribution is 5.81. The number of hydrogen-bond acceptors (Lipinski definition) is 4. The highest BCUT2D eigenvalue weighted by Gasteiger charge is 2.40. The smallest absolute Gasteiger partial charge is 0.191 e. The van der Waals surface area contributed by atoms with Gasteiger partial charge in [-0.3, -0.25) is 4.99 Å². The molecule has 1 saturated carbocycles. The first-order chi connectivity index (χ1) is 10.4. The summed E-state index contributed by atoms with van der Waals surface area (Å²) in [5.41, 5.74) is 2.40. The summed E-state index contributed by atoms with van der Waals surface area (Å²) in [4.78, 5) is 4.46. The van der Waals surface area contributed by atoms with E-state index in [0.717, 1.165) is 37.6 Å². The fourth-order valence-electron chi connectivity index (χ4n) is 2.78. The van der Waals surface area contributed by atoms with Crippen LogP contribution in [-0.2, 0) is 0 Å². The van der Waals surface area contributed by atoms with Crippen molar-refractivity contribution in [2.24, 2.45) is 4.99 Å². The minimum absolute atomic E-state index is 0.489. The molecule has 1 aromatic carbocycles. The van der Waals surface area contributed by atoms with Crippen molar-refractivity contribution in [3.63, 3.8) is 0 Å². The summed E-state index contributed by atoms with van der Waals surface area (Å²) in [5.74, 6) is 1.51. The molecule has 0 saturated heterocycles. The van der Waals surface area contributed by atoms with Gasteiger partial charge in [-0.05, 0) is 30.5 Å². The number of guanidine groups is 1. The van der Waals surface area contributed by atoms with Gasteiger partial charge >= 0.3 is 0 Å². The maximum Gasteiger partial charge on any atom is 0.191 e. The van der Waals surface area contributed by atoms with Gasteiger partial charge in [0.2, 0.25) is 0 Å². The van der Waals surface area contributed by atoms with E-state index < -0.39 is 0 Å². The molecule has 21 heavy (non-hydrogen) atoms. The molecule has 4 rings (SSSR count). The summed E-state index contributed by atoms with van der Waals surface area (Å²) in [6.07, 6.45) is 6.40. The molecule has 2 aromatic rings. The third-order valence-corrected chi connectivity index (χ3v) is 4.06. The van der Waals surface area contributed by atoms with Crippen molar-refractivity contribution in [3.8, 4) is 5.69 Å². The summed E-state index contributed by atoms with van der Waals surface area (Å²) in [7, 11) is 0. The first-order valence-electron chi connectivity index (χ1n) is 7.55. The average molecular weight is 281 g/mol. The summed E-state index contributed by atoms with van der Waals surface area (Å²) >= 11 is 0. The number of nitrogens with one attached hydrogen (secondary N) is 2. The molecule has 1 fully saturated rings. The first kappa shape index (κ1) is 12.4. The maximum atomic E-state index is 4.47. The molecule has 2 N–H and O–H groups in total. The lowest BCUT2D eigenvalue weighted by molar-refractivity contribution is 0.696. The van der Waals surface area contributed by atoms with E-state index in [-0.39, 0.29) is 0 Å². The van der Waals surface area contributed by atoms with Crippen LogP contribution in [0.3, 0.4) is 0 Å². The first-order valence-corrected chi connectivity index (χ1v) is 7.55. The molecule has 1 aliphatic carbocycles. The Labute approximate surface area is 124 Å². The van der Waals surface area contributed by atoms with Crippen LogP contribution >= 0.6 is 0 Å². The van der Waals surface area contributed by atoms with Crippen molar-refractivity contribution >= 4 is 5.96 Å². The van der Waals surface area contributed by atoms with Crippen molar-refractivity contribution in [2.45, 2.75) is 24.8 Å². The van der Waals surface area contributed by atoms with E-state index in [0.29, 0.717) is 12.0 Å². The number of hydrogen-bond donors (Lipinski definition) is 2. The standard InChI is InChI=1S/C16H19N5/c1-2-5-13(6-3-1)21-11-12(10-19-21)14-9-15(14)20-16-17-7-4-8-18-16/h1-3,5-6,10-11,14-15H,4,7-9H2,(H2,17,18,20)/t14-,15+/m0/s1. The zero-order valence-corrected chi connectivity index (χ0v) is 11.9. The minimum atomic E-state index is 0.489. The lowest BCUT2D eigenvalue weighted by Crippen LogP contribution is -2.42. The summed E-state index contributed by atoms with van der Waals surface area (Å²) < 4.78 is 1.95. The second-order valence-electron chi connectivity index (χ2n) is 5.66. The van der Waals surface area contributed by atoms with Crippen LogP contribution in [0.15, 0.2) is 47.7 Å². The number of aliphatic imine (C=N–C) groups is 1.